The largest absolute Gasteiger partial charge is 0.497 e. The van der Waals surface area contributed by atoms with E-state index < -0.39 is 17.1 Å². The van der Waals surface area contributed by atoms with E-state index in [-0.39, 0.29) is 23.4 Å². The van der Waals surface area contributed by atoms with E-state index in [9.17, 15) is 19.8 Å². The van der Waals surface area contributed by atoms with Gasteiger partial charge in [-0.25, -0.2) is 4.79 Å². The number of hydrogen-bond donors (Lipinski definition) is 2. The highest BCUT2D eigenvalue weighted by molar-refractivity contribution is 5.94. The van der Waals surface area contributed by atoms with Gasteiger partial charge in [0, 0.05) is 12.4 Å². The maximum absolute atomic E-state index is 12.8. The third-order valence-corrected chi connectivity index (χ3v) is 4.30. The van der Waals surface area contributed by atoms with Crippen molar-refractivity contribution in [2.24, 2.45) is 0 Å². The lowest BCUT2D eigenvalue weighted by molar-refractivity contribution is 0.0695. The van der Waals surface area contributed by atoms with Gasteiger partial charge in [-0.2, -0.15) is 9.78 Å². The number of rotatable bonds is 5. The highest BCUT2D eigenvalue weighted by Gasteiger charge is 2.28. The minimum absolute atomic E-state index is 0.100. The molecule has 0 radical (unpaired) electrons. The number of carbonyl (C=O) groups is 1. The first-order valence-corrected chi connectivity index (χ1v) is 7.92. The van der Waals surface area contributed by atoms with Crippen molar-refractivity contribution in [1.82, 2.24) is 14.3 Å². The molecule has 0 aromatic heterocycles. The highest BCUT2D eigenvalue weighted by atomic mass is 16.5. The monoisotopic (exact) mass is 357 g/mol. The van der Waals surface area contributed by atoms with Crippen LogP contribution >= 0.6 is 0 Å². The first-order chi connectivity index (χ1) is 12.3. The van der Waals surface area contributed by atoms with Gasteiger partial charge in [-0.3, -0.25) is 4.79 Å². The molecule has 136 valence electrons. The van der Waals surface area contributed by atoms with Crippen LogP contribution in [0, 0.1) is 0 Å². The third-order valence-electron chi connectivity index (χ3n) is 4.30. The first kappa shape index (κ1) is 17.7. The summed E-state index contributed by atoms with van der Waals surface area (Å²) < 4.78 is 7.79. The van der Waals surface area contributed by atoms with E-state index in [1.54, 1.807) is 38.1 Å². The minimum atomic E-state index is -1.20. The van der Waals surface area contributed by atoms with Gasteiger partial charge in [0.1, 0.15) is 17.0 Å². The number of ether oxygens (including phenoxy) is 1. The first-order valence-electron chi connectivity index (χ1n) is 7.92. The molecule has 0 bridgehead atoms. The van der Waals surface area contributed by atoms with Crippen LogP contribution in [0.1, 0.15) is 24.2 Å². The zero-order chi connectivity index (χ0) is 19.1. The molecule has 0 unspecified atom stereocenters. The molecule has 1 aromatic carbocycles. The fourth-order valence-electron chi connectivity index (χ4n) is 2.59. The number of carboxylic acids is 1. The molecule has 0 fully saturated rings. The van der Waals surface area contributed by atoms with Crippen LogP contribution in [0.5, 0.6) is 5.75 Å². The summed E-state index contributed by atoms with van der Waals surface area (Å²) in [6, 6.07) is 6.71. The molecule has 8 heteroatoms. The van der Waals surface area contributed by atoms with Gasteiger partial charge in [0.2, 0.25) is 0 Å². The molecule has 26 heavy (non-hydrogen) atoms. The summed E-state index contributed by atoms with van der Waals surface area (Å²) in [5.74, 6) is -0.566. The molecule has 2 aliphatic heterocycles. The average Bonchev–Trinajstić information content (AvgIpc) is 2.97. The van der Waals surface area contributed by atoms with Crippen LogP contribution in [0.25, 0.3) is 16.9 Å². The molecular weight excluding hydrogens is 338 g/mol. The van der Waals surface area contributed by atoms with Crippen molar-refractivity contribution in [2.75, 3.05) is 13.7 Å². The molecule has 0 amide bonds. The zero-order valence-corrected chi connectivity index (χ0v) is 14.6. The Kier molecular flexibility index (Phi) is 4.29. The number of aromatic nitrogens is 3. The Bertz CT molecular complexity index is 985. The molecule has 0 aliphatic carbocycles. The van der Waals surface area contributed by atoms with Crippen molar-refractivity contribution in [3.63, 3.8) is 0 Å². The van der Waals surface area contributed by atoms with Crippen LogP contribution in [-0.2, 0) is 5.54 Å². The normalized spacial score (nSPS) is 11.7. The van der Waals surface area contributed by atoms with Gasteiger partial charge in [-0.15, -0.1) is 0 Å². The van der Waals surface area contributed by atoms with E-state index in [1.807, 2.05) is 0 Å². The maximum Gasteiger partial charge on any atom is 0.339 e. The molecular formula is C18H19N3O5. The number of aliphatic hydroxyl groups is 1. The molecule has 2 aliphatic rings. The predicted molar refractivity (Wildman–Crippen MR) is 94.4 cm³/mol. The summed E-state index contributed by atoms with van der Waals surface area (Å²) in [7, 11) is 1.54. The molecule has 2 heterocycles. The van der Waals surface area contributed by atoms with Gasteiger partial charge < -0.3 is 19.5 Å². The number of benzene rings is 1. The summed E-state index contributed by atoms with van der Waals surface area (Å²) in [5.41, 5.74) is -0.543. The summed E-state index contributed by atoms with van der Waals surface area (Å²) in [5, 5.41) is 23.3. The van der Waals surface area contributed by atoms with Crippen LogP contribution in [0.4, 0.5) is 0 Å². The topological polar surface area (TPSA) is 107 Å². The molecule has 8 nitrogen and oxygen atoms in total. The van der Waals surface area contributed by atoms with Gasteiger partial charge in [0.05, 0.1) is 30.5 Å². The van der Waals surface area contributed by atoms with E-state index in [1.165, 1.54) is 24.1 Å². The van der Waals surface area contributed by atoms with E-state index in [0.29, 0.717) is 11.4 Å². The second kappa shape index (κ2) is 6.30. The second-order valence-electron chi connectivity index (χ2n) is 6.53. The Hall–Kier alpha value is -3.13. The third kappa shape index (κ3) is 2.84. The Labute approximate surface area is 149 Å². The number of aliphatic hydroxyl groups excluding tert-OH is 1. The molecule has 0 saturated carbocycles. The lowest BCUT2D eigenvalue weighted by Gasteiger charge is -2.27. The average molecular weight is 357 g/mol. The fraction of sp³-hybridized carbons (Fsp3) is 0.278. The van der Waals surface area contributed by atoms with Crippen LogP contribution in [-0.4, -0.2) is 44.2 Å². The van der Waals surface area contributed by atoms with Crippen LogP contribution in [0.3, 0.4) is 0 Å². The standard InChI is InChI=1S/C18H19N3O5/c1-18(2,10-22)20-8-13-15(14(9-20)17(24)25)19-21(16(13)23)11-4-6-12(26-3)7-5-11/h4-9,22H,10H2,1-3H3,(H,24,25). The Balaban J connectivity index is 2.27. The van der Waals surface area contributed by atoms with Crippen LogP contribution < -0.4 is 10.3 Å². The summed E-state index contributed by atoms with van der Waals surface area (Å²) in [6.45, 7) is 3.26. The summed E-state index contributed by atoms with van der Waals surface area (Å²) in [4.78, 5) is 24.5. The number of fused-ring (bicyclic) bond motifs is 1. The van der Waals surface area contributed by atoms with Gasteiger partial charge in [-0.1, -0.05) is 0 Å². The van der Waals surface area contributed by atoms with Crippen molar-refractivity contribution in [1.29, 1.82) is 0 Å². The fourth-order valence-corrected chi connectivity index (χ4v) is 2.59. The van der Waals surface area contributed by atoms with Crippen molar-refractivity contribution in [2.45, 2.75) is 19.4 Å². The van der Waals surface area contributed by atoms with Gasteiger partial charge in [0.15, 0.2) is 0 Å². The quantitative estimate of drug-likeness (QED) is 0.718. The van der Waals surface area contributed by atoms with Crippen molar-refractivity contribution >= 4 is 5.97 Å². The predicted octanol–water partition coefficient (Wildman–Crippen LogP) is 1.57. The Morgan fingerprint density at radius 3 is 2.42 bits per heavy atom. The number of nitrogens with zero attached hydrogens (tertiary/aromatic N) is 3. The van der Waals surface area contributed by atoms with E-state index in [0.717, 1.165) is 4.68 Å². The SMILES string of the molecule is COc1ccc(-n2nc3c(C(=O)O)cn(C(C)(C)CO)cc-3c2=O)cc1. The number of methoxy groups -OCH3 is 1. The van der Waals surface area contributed by atoms with Crippen molar-refractivity contribution in [3.05, 3.63) is 52.6 Å². The van der Waals surface area contributed by atoms with E-state index in [2.05, 4.69) is 5.10 Å². The zero-order valence-electron chi connectivity index (χ0n) is 14.6. The van der Waals surface area contributed by atoms with E-state index >= 15 is 0 Å². The molecule has 0 atom stereocenters. The molecule has 0 saturated heterocycles. The molecule has 1 aromatic rings. The smallest absolute Gasteiger partial charge is 0.339 e. The number of pyridine rings is 1. The number of hydrogen-bond acceptors (Lipinski definition) is 5. The summed E-state index contributed by atoms with van der Waals surface area (Å²) >= 11 is 0. The minimum Gasteiger partial charge on any atom is -0.497 e. The van der Waals surface area contributed by atoms with Crippen LogP contribution in [0.15, 0.2) is 41.5 Å². The molecule has 3 rings (SSSR count). The maximum atomic E-state index is 12.8. The lowest BCUT2D eigenvalue weighted by Crippen LogP contribution is -2.31. The molecule has 2 N–H and O–H groups in total. The Morgan fingerprint density at radius 1 is 1.23 bits per heavy atom. The van der Waals surface area contributed by atoms with E-state index in [4.69, 9.17) is 4.74 Å². The van der Waals surface area contributed by atoms with Gasteiger partial charge in [-0.05, 0) is 38.1 Å². The number of aromatic carboxylic acids is 1. The molecule has 0 spiro atoms. The van der Waals surface area contributed by atoms with Gasteiger partial charge in [0.25, 0.3) is 5.56 Å². The van der Waals surface area contributed by atoms with Gasteiger partial charge >= 0.3 is 5.97 Å². The van der Waals surface area contributed by atoms with Crippen molar-refractivity contribution in [3.8, 4) is 22.7 Å². The van der Waals surface area contributed by atoms with Crippen LogP contribution in [0.2, 0.25) is 0 Å². The number of carboxylic acid groups (broad SMARTS) is 1. The Morgan fingerprint density at radius 2 is 1.88 bits per heavy atom. The second-order valence-corrected chi connectivity index (χ2v) is 6.53. The highest BCUT2D eigenvalue weighted by Crippen LogP contribution is 2.26. The van der Waals surface area contributed by atoms with Crippen molar-refractivity contribution < 1.29 is 19.7 Å². The summed E-state index contributed by atoms with van der Waals surface area (Å²) in [6.07, 6.45) is 2.90. The lowest BCUT2D eigenvalue weighted by atomic mass is 10.0.